The Balaban J connectivity index is 1.52. The van der Waals surface area contributed by atoms with Crippen molar-refractivity contribution in [1.29, 1.82) is 0 Å². The average Bonchev–Trinajstić information content (AvgIpc) is 3.11. The van der Waals surface area contributed by atoms with E-state index in [0.29, 0.717) is 16.5 Å². The lowest BCUT2D eigenvalue weighted by molar-refractivity contribution is 0.0952. The number of hydrogen-bond acceptors (Lipinski definition) is 6. The van der Waals surface area contributed by atoms with Crippen molar-refractivity contribution in [2.75, 3.05) is 23.3 Å². The second-order valence-electron chi connectivity index (χ2n) is 6.43. The molecule has 2 amide bonds. The fourth-order valence-corrected chi connectivity index (χ4v) is 3.78. The van der Waals surface area contributed by atoms with Crippen LogP contribution in [0.2, 0.25) is 5.02 Å². The number of amides is 2. The number of halogens is 1. The van der Waals surface area contributed by atoms with E-state index in [2.05, 4.69) is 20.6 Å². The first-order chi connectivity index (χ1) is 12.6. The van der Waals surface area contributed by atoms with E-state index in [1.165, 1.54) is 17.5 Å². The summed E-state index contributed by atoms with van der Waals surface area (Å²) in [6, 6.07) is 1.96. The van der Waals surface area contributed by atoms with Gasteiger partial charge in [-0.25, -0.2) is 9.97 Å². The molecule has 0 aromatic carbocycles. The molecule has 26 heavy (non-hydrogen) atoms. The normalized spacial score (nSPS) is 16.6. The van der Waals surface area contributed by atoms with Crippen molar-refractivity contribution in [2.24, 2.45) is 0 Å². The highest BCUT2D eigenvalue weighted by molar-refractivity contribution is 7.14. The zero-order chi connectivity index (χ0) is 18.1. The number of thiophene rings is 1. The number of nitrogens with one attached hydrogen (secondary N) is 2. The van der Waals surface area contributed by atoms with Crippen molar-refractivity contribution < 1.29 is 9.59 Å². The van der Waals surface area contributed by atoms with Crippen LogP contribution < -0.4 is 15.5 Å². The summed E-state index contributed by atoms with van der Waals surface area (Å²) in [5, 5.41) is 8.14. The number of carbonyl (C=O) groups is 2. The molecule has 136 valence electrons. The third-order valence-corrected chi connectivity index (χ3v) is 5.49. The monoisotopic (exact) mass is 391 g/mol. The molecule has 0 radical (unpaired) electrons. The summed E-state index contributed by atoms with van der Waals surface area (Å²) in [6.45, 7) is 1.75. The zero-order valence-electron chi connectivity index (χ0n) is 14.0. The molecule has 1 saturated carbocycles. The minimum atomic E-state index is -0.444. The van der Waals surface area contributed by atoms with E-state index in [1.54, 1.807) is 11.4 Å². The van der Waals surface area contributed by atoms with Crippen LogP contribution in [0, 0.1) is 0 Å². The fraction of sp³-hybridized carbons (Fsp3) is 0.412. The van der Waals surface area contributed by atoms with Crippen LogP contribution in [0.4, 0.5) is 10.9 Å². The van der Waals surface area contributed by atoms with Crippen molar-refractivity contribution in [3.05, 3.63) is 33.9 Å². The van der Waals surface area contributed by atoms with Crippen molar-refractivity contribution in [3.8, 4) is 0 Å². The number of nitrogens with zero attached hydrogens (tertiary/aromatic N) is 3. The van der Waals surface area contributed by atoms with Gasteiger partial charge in [0, 0.05) is 19.1 Å². The first-order valence-corrected chi connectivity index (χ1v) is 9.85. The molecule has 2 fully saturated rings. The Morgan fingerprint density at radius 3 is 2.73 bits per heavy atom. The van der Waals surface area contributed by atoms with E-state index in [9.17, 15) is 9.59 Å². The van der Waals surface area contributed by atoms with Crippen LogP contribution in [0.1, 0.15) is 46.5 Å². The van der Waals surface area contributed by atoms with Crippen LogP contribution in [-0.4, -0.2) is 40.9 Å². The third kappa shape index (κ3) is 3.66. The van der Waals surface area contributed by atoms with Crippen LogP contribution in [-0.2, 0) is 0 Å². The van der Waals surface area contributed by atoms with E-state index in [0.717, 1.165) is 38.8 Å². The van der Waals surface area contributed by atoms with Crippen molar-refractivity contribution in [3.63, 3.8) is 0 Å². The molecule has 3 heterocycles. The average molecular weight is 392 g/mol. The van der Waals surface area contributed by atoms with Gasteiger partial charge in [0.15, 0.2) is 5.69 Å². The van der Waals surface area contributed by atoms with Crippen molar-refractivity contribution in [2.45, 2.75) is 31.7 Å². The quantitative estimate of drug-likeness (QED) is 0.818. The minimum absolute atomic E-state index is 0.116. The van der Waals surface area contributed by atoms with Crippen molar-refractivity contribution >= 4 is 45.7 Å². The van der Waals surface area contributed by atoms with E-state index < -0.39 is 5.91 Å². The van der Waals surface area contributed by atoms with Gasteiger partial charge >= 0.3 is 0 Å². The van der Waals surface area contributed by atoms with Gasteiger partial charge in [0.2, 0.25) is 5.95 Å². The largest absolute Gasteiger partial charge is 0.349 e. The number of anilines is 2. The zero-order valence-corrected chi connectivity index (χ0v) is 15.6. The smallest absolute Gasteiger partial charge is 0.276 e. The summed E-state index contributed by atoms with van der Waals surface area (Å²) in [4.78, 5) is 35.6. The molecule has 2 aromatic heterocycles. The molecule has 9 heteroatoms. The minimum Gasteiger partial charge on any atom is -0.349 e. The van der Waals surface area contributed by atoms with Gasteiger partial charge in [-0.3, -0.25) is 9.59 Å². The lowest BCUT2D eigenvalue weighted by Gasteiger charge is -2.16. The summed E-state index contributed by atoms with van der Waals surface area (Å²) >= 11 is 7.43. The predicted octanol–water partition coefficient (Wildman–Crippen LogP) is 2.94. The molecule has 2 aromatic rings. The molecular formula is C17H18ClN5O2S. The van der Waals surface area contributed by atoms with Crippen LogP contribution in [0.25, 0.3) is 0 Å². The number of carbonyl (C=O) groups excluding carboxylic acids is 2. The maximum Gasteiger partial charge on any atom is 0.276 e. The molecular weight excluding hydrogens is 374 g/mol. The first kappa shape index (κ1) is 17.2. The Hall–Kier alpha value is -2.19. The Bertz CT molecular complexity index is 845. The predicted molar refractivity (Wildman–Crippen MR) is 101 cm³/mol. The van der Waals surface area contributed by atoms with Crippen LogP contribution in [0.15, 0.2) is 17.6 Å². The van der Waals surface area contributed by atoms with Gasteiger partial charge in [0.05, 0.1) is 16.8 Å². The Kier molecular flexibility index (Phi) is 4.78. The van der Waals surface area contributed by atoms with Gasteiger partial charge in [-0.05, 0) is 37.1 Å². The Morgan fingerprint density at radius 2 is 2.00 bits per heavy atom. The second-order valence-corrected chi connectivity index (χ2v) is 7.75. The summed E-state index contributed by atoms with van der Waals surface area (Å²) in [5.74, 6) is -0.105. The second kappa shape index (κ2) is 7.20. The number of hydrogen-bond donors (Lipinski definition) is 2. The third-order valence-electron chi connectivity index (χ3n) is 4.38. The topological polar surface area (TPSA) is 87.2 Å². The fourth-order valence-electron chi connectivity index (χ4n) is 2.82. The lowest BCUT2D eigenvalue weighted by Crippen LogP contribution is -2.26. The molecule has 4 rings (SSSR count). The Labute approximate surface area is 159 Å². The van der Waals surface area contributed by atoms with Gasteiger partial charge in [-0.2, -0.15) is 0 Å². The summed E-state index contributed by atoms with van der Waals surface area (Å²) < 4.78 is 0. The highest BCUT2D eigenvalue weighted by Gasteiger charge is 2.26. The lowest BCUT2D eigenvalue weighted by atomic mass is 10.3. The van der Waals surface area contributed by atoms with Gasteiger partial charge < -0.3 is 15.5 Å². The number of aromatic nitrogens is 2. The van der Waals surface area contributed by atoms with Gasteiger partial charge in [0.25, 0.3) is 11.8 Å². The summed E-state index contributed by atoms with van der Waals surface area (Å²) in [5.41, 5.74) is 0.575. The van der Waals surface area contributed by atoms with E-state index in [4.69, 9.17) is 11.6 Å². The maximum atomic E-state index is 12.7. The van der Waals surface area contributed by atoms with E-state index in [1.807, 2.05) is 4.90 Å². The van der Waals surface area contributed by atoms with Gasteiger partial charge in [-0.1, -0.05) is 11.6 Å². The van der Waals surface area contributed by atoms with E-state index >= 15 is 0 Å². The SMILES string of the molecule is O=C(NC1CC1)c1ccsc1NC(=O)c1nc(N2CCCC2)ncc1Cl. The van der Waals surface area contributed by atoms with Gasteiger partial charge in [0.1, 0.15) is 5.00 Å². The highest BCUT2D eigenvalue weighted by atomic mass is 35.5. The molecule has 0 bridgehead atoms. The van der Waals surface area contributed by atoms with Gasteiger partial charge in [-0.15, -0.1) is 11.3 Å². The molecule has 1 saturated heterocycles. The van der Waals surface area contributed by atoms with Crippen LogP contribution in [0.3, 0.4) is 0 Å². The molecule has 0 unspecified atom stereocenters. The highest BCUT2D eigenvalue weighted by Crippen LogP contribution is 2.27. The van der Waals surface area contributed by atoms with Crippen LogP contribution >= 0.6 is 22.9 Å². The number of rotatable bonds is 5. The molecule has 0 spiro atoms. The van der Waals surface area contributed by atoms with Crippen LogP contribution in [0.5, 0.6) is 0 Å². The van der Waals surface area contributed by atoms with E-state index in [-0.39, 0.29) is 22.7 Å². The standard InChI is InChI=1S/C17H18ClN5O2S/c18-12-9-19-17(23-6-1-2-7-23)21-13(12)15(25)22-16-11(5-8-26-16)14(24)20-10-3-4-10/h5,8-10H,1-4,6-7H2,(H,20,24)(H,22,25). The molecule has 2 N–H and O–H groups in total. The maximum absolute atomic E-state index is 12.7. The first-order valence-electron chi connectivity index (χ1n) is 8.59. The van der Waals surface area contributed by atoms with Crippen molar-refractivity contribution in [1.82, 2.24) is 15.3 Å². The molecule has 2 aliphatic rings. The summed E-state index contributed by atoms with van der Waals surface area (Å²) in [6.07, 6.45) is 5.64. The molecule has 1 aliphatic heterocycles. The Morgan fingerprint density at radius 1 is 1.23 bits per heavy atom. The molecule has 1 aliphatic carbocycles. The summed E-state index contributed by atoms with van der Waals surface area (Å²) in [7, 11) is 0. The molecule has 0 atom stereocenters. The molecule has 7 nitrogen and oxygen atoms in total.